The fraction of sp³-hybridized carbons (Fsp3) is 0.0714. The highest BCUT2D eigenvalue weighted by Crippen LogP contribution is 2.24. The maximum absolute atomic E-state index is 11.9. The number of thiophene rings is 1. The molecule has 0 bridgehead atoms. The lowest BCUT2D eigenvalue weighted by molar-refractivity contribution is 0.0950. The molecule has 3 rings (SSSR count). The number of carbonyl (C=O) groups is 1. The van der Waals surface area contributed by atoms with Gasteiger partial charge in [-0.2, -0.15) is 0 Å². The van der Waals surface area contributed by atoms with Crippen molar-refractivity contribution in [3.8, 4) is 10.6 Å². The molecule has 0 aliphatic carbocycles. The molecule has 5 nitrogen and oxygen atoms in total. The standard InChI is InChI=1S/C14H11N3O2S/c18-14(10-3-5-15-6-4-10)16-9-11-8-12(19-17-11)13-2-1-7-20-13/h1-8H,9H2,(H,16,18). The van der Waals surface area contributed by atoms with Crippen molar-refractivity contribution in [3.05, 3.63) is 59.4 Å². The highest BCUT2D eigenvalue weighted by Gasteiger charge is 2.09. The van der Waals surface area contributed by atoms with Gasteiger partial charge in [-0.3, -0.25) is 9.78 Å². The van der Waals surface area contributed by atoms with Gasteiger partial charge < -0.3 is 9.84 Å². The molecule has 1 amide bonds. The average molecular weight is 285 g/mol. The van der Waals surface area contributed by atoms with Crippen molar-refractivity contribution in [2.75, 3.05) is 0 Å². The minimum Gasteiger partial charge on any atom is -0.355 e. The van der Waals surface area contributed by atoms with Crippen molar-refractivity contribution >= 4 is 17.2 Å². The molecule has 0 aromatic carbocycles. The monoisotopic (exact) mass is 285 g/mol. The zero-order valence-corrected chi connectivity index (χ0v) is 11.3. The summed E-state index contributed by atoms with van der Waals surface area (Å²) < 4.78 is 5.25. The lowest BCUT2D eigenvalue weighted by atomic mass is 10.2. The fourth-order valence-electron chi connectivity index (χ4n) is 1.71. The number of pyridine rings is 1. The second-order valence-corrected chi connectivity index (χ2v) is 5.03. The Hall–Kier alpha value is -2.47. The van der Waals surface area contributed by atoms with Gasteiger partial charge in [0.2, 0.25) is 0 Å². The Kier molecular flexibility index (Phi) is 3.56. The number of nitrogens with one attached hydrogen (secondary N) is 1. The zero-order chi connectivity index (χ0) is 13.8. The third-order valence-electron chi connectivity index (χ3n) is 2.70. The summed E-state index contributed by atoms with van der Waals surface area (Å²) in [4.78, 5) is 16.7. The molecule has 0 saturated heterocycles. The third-order valence-corrected chi connectivity index (χ3v) is 3.58. The second kappa shape index (κ2) is 5.66. The first kappa shape index (κ1) is 12.6. The molecule has 6 heteroatoms. The van der Waals surface area contributed by atoms with E-state index >= 15 is 0 Å². The van der Waals surface area contributed by atoms with Gasteiger partial charge in [0.1, 0.15) is 5.69 Å². The minimum atomic E-state index is -0.159. The van der Waals surface area contributed by atoms with Crippen LogP contribution in [0, 0.1) is 0 Å². The van der Waals surface area contributed by atoms with Gasteiger partial charge in [-0.15, -0.1) is 11.3 Å². The first-order valence-corrected chi connectivity index (χ1v) is 6.88. The zero-order valence-electron chi connectivity index (χ0n) is 10.4. The Bertz CT molecular complexity index is 692. The van der Waals surface area contributed by atoms with Crippen LogP contribution in [0.15, 0.2) is 52.6 Å². The van der Waals surface area contributed by atoms with Gasteiger partial charge in [0, 0.05) is 24.0 Å². The van der Waals surface area contributed by atoms with Crippen LogP contribution in [-0.2, 0) is 6.54 Å². The predicted octanol–water partition coefficient (Wildman–Crippen LogP) is 2.73. The molecule has 3 aromatic heterocycles. The number of carbonyl (C=O) groups excluding carboxylic acids is 1. The second-order valence-electron chi connectivity index (χ2n) is 4.08. The molecule has 0 aliphatic heterocycles. The fourth-order valence-corrected chi connectivity index (χ4v) is 2.38. The number of aromatic nitrogens is 2. The van der Waals surface area contributed by atoms with E-state index in [1.165, 1.54) is 0 Å². The molecular weight excluding hydrogens is 274 g/mol. The van der Waals surface area contributed by atoms with Crippen molar-refractivity contribution < 1.29 is 9.32 Å². The first-order valence-electron chi connectivity index (χ1n) is 6.00. The highest BCUT2D eigenvalue weighted by atomic mass is 32.1. The van der Waals surface area contributed by atoms with Crippen molar-refractivity contribution in [3.63, 3.8) is 0 Å². The van der Waals surface area contributed by atoms with Crippen LogP contribution in [-0.4, -0.2) is 16.0 Å². The molecule has 0 unspecified atom stereocenters. The molecule has 0 saturated carbocycles. The van der Waals surface area contributed by atoms with Gasteiger partial charge in [-0.1, -0.05) is 11.2 Å². The van der Waals surface area contributed by atoms with Gasteiger partial charge in [-0.25, -0.2) is 0 Å². The molecule has 0 radical (unpaired) electrons. The topological polar surface area (TPSA) is 68.0 Å². The highest BCUT2D eigenvalue weighted by molar-refractivity contribution is 7.13. The number of hydrogen-bond donors (Lipinski definition) is 1. The average Bonchev–Trinajstić information content (AvgIpc) is 3.16. The molecule has 0 atom stereocenters. The number of rotatable bonds is 4. The Morgan fingerprint density at radius 2 is 2.15 bits per heavy atom. The van der Waals surface area contributed by atoms with E-state index in [1.54, 1.807) is 35.9 Å². The number of hydrogen-bond acceptors (Lipinski definition) is 5. The molecule has 1 N–H and O–H groups in total. The molecule has 20 heavy (non-hydrogen) atoms. The van der Waals surface area contributed by atoms with E-state index in [4.69, 9.17) is 4.52 Å². The Labute approximate surface area is 119 Å². The van der Waals surface area contributed by atoms with Crippen LogP contribution in [0.4, 0.5) is 0 Å². The normalized spacial score (nSPS) is 10.4. The summed E-state index contributed by atoms with van der Waals surface area (Å²) in [5, 5.41) is 8.71. The van der Waals surface area contributed by atoms with E-state index in [1.807, 2.05) is 23.6 Å². The lowest BCUT2D eigenvalue weighted by Crippen LogP contribution is -2.22. The summed E-state index contributed by atoms with van der Waals surface area (Å²) in [5.74, 6) is 0.557. The molecule has 0 fully saturated rings. The van der Waals surface area contributed by atoms with Crippen molar-refractivity contribution in [1.82, 2.24) is 15.5 Å². The first-order chi connectivity index (χ1) is 9.83. The maximum Gasteiger partial charge on any atom is 0.251 e. The van der Waals surface area contributed by atoms with Crippen molar-refractivity contribution in [2.45, 2.75) is 6.54 Å². The maximum atomic E-state index is 11.9. The van der Waals surface area contributed by atoms with Crippen LogP contribution in [0.2, 0.25) is 0 Å². The number of amides is 1. The largest absolute Gasteiger partial charge is 0.355 e. The molecule has 3 aromatic rings. The Morgan fingerprint density at radius 3 is 2.90 bits per heavy atom. The van der Waals surface area contributed by atoms with Crippen LogP contribution >= 0.6 is 11.3 Å². The van der Waals surface area contributed by atoms with E-state index in [0.29, 0.717) is 23.6 Å². The van der Waals surface area contributed by atoms with E-state index in [-0.39, 0.29) is 5.91 Å². The molecular formula is C14H11N3O2S. The minimum absolute atomic E-state index is 0.159. The molecule has 0 spiro atoms. The van der Waals surface area contributed by atoms with E-state index < -0.39 is 0 Å². The van der Waals surface area contributed by atoms with Gasteiger partial charge in [0.15, 0.2) is 5.76 Å². The van der Waals surface area contributed by atoms with E-state index in [0.717, 1.165) is 4.88 Å². The Morgan fingerprint density at radius 1 is 1.30 bits per heavy atom. The van der Waals surface area contributed by atoms with Crippen LogP contribution in [0.25, 0.3) is 10.6 Å². The van der Waals surface area contributed by atoms with Gasteiger partial charge >= 0.3 is 0 Å². The van der Waals surface area contributed by atoms with Crippen LogP contribution in [0.1, 0.15) is 16.1 Å². The quantitative estimate of drug-likeness (QED) is 0.800. The van der Waals surface area contributed by atoms with Gasteiger partial charge in [0.25, 0.3) is 5.91 Å². The van der Waals surface area contributed by atoms with Crippen LogP contribution < -0.4 is 5.32 Å². The van der Waals surface area contributed by atoms with E-state index in [9.17, 15) is 4.79 Å². The van der Waals surface area contributed by atoms with Crippen molar-refractivity contribution in [1.29, 1.82) is 0 Å². The third kappa shape index (κ3) is 2.75. The summed E-state index contributed by atoms with van der Waals surface area (Å²) in [6.45, 7) is 0.329. The lowest BCUT2D eigenvalue weighted by Gasteiger charge is -2.01. The number of nitrogens with zero attached hydrogens (tertiary/aromatic N) is 2. The predicted molar refractivity (Wildman–Crippen MR) is 75.2 cm³/mol. The van der Waals surface area contributed by atoms with Crippen molar-refractivity contribution in [2.24, 2.45) is 0 Å². The summed E-state index contributed by atoms with van der Waals surface area (Å²) in [6.07, 6.45) is 3.17. The molecule has 3 heterocycles. The van der Waals surface area contributed by atoms with Crippen LogP contribution in [0.3, 0.4) is 0 Å². The van der Waals surface area contributed by atoms with Gasteiger partial charge in [0.05, 0.1) is 11.4 Å². The summed E-state index contributed by atoms with van der Waals surface area (Å²) in [7, 11) is 0. The molecule has 100 valence electrons. The summed E-state index contributed by atoms with van der Waals surface area (Å²) in [6, 6.07) is 9.07. The van der Waals surface area contributed by atoms with Crippen LogP contribution in [0.5, 0.6) is 0 Å². The SMILES string of the molecule is O=C(NCc1cc(-c2cccs2)on1)c1ccncc1. The van der Waals surface area contributed by atoms with E-state index in [2.05, 4.69) is 15.5 Å². The van der Waals surface area contributed by atoms with Gasteiger partial charge in [-0.05, 0) is 23.6 Å². The summed E-state index contributed by atoms with van der Waals surface area (Å²) >= 11 is 1.58. The summed E-state index contributed by atoms with van der Waals surface area (Å²) in [5.41, 5.74) is 1.26. The molecule has 0 aliphatic rings. The Balaban J connectivity index is 1.63. The smallest absolute Gasteiger partial charge is 0.251 e.